The summed E-state index contributed by atoms with van der Waals surface area (Å²) in [5.74, 6) is -0.270. The molecule has 0 aliphatic rings. The first-order valence-corrected chi connectivity index (χ1v) is 11.3. The van der Waals surface area contributed by atoms with Crippen molar-refractivity contribution in [3.63, 3.8) is 0 Å². The van der Waals surface area contributed by atoms with Gasteiger partial charge in [0.1, 0.15) is 0 Å². The Morgan fingerprint density at radius 2 is 1.89 bits per heavy atom. The van der Waals surface area contributed by atoms with E-state index in [9.17, 15) is 13.2 Å². The fraction of sp³-hybridized carbons (Fsp3) is 0.111. The van der Waals surface area contributed by atoms with E-state index in [0.717, 1.165) is 22.4 Å². The van der Waals surface area contributed by atoms with E-state index < -0.39 is 10.0 Å². The van der Waals surface area contributed by atoms with Crippen molar-refractivity contribution in [1.29, 1.82) is 0 Å². The van der Waals surface area contributed by atoms with Crippen LogP contribution in [0.15, 0.2) is 53.1 Å². The molecule has 3 aromatic rings. The zero-order valence-electron chi connectivity index (χ0n) is 14.5. The Morgan fingerprint density at radius 3 is 2.56 bits per heavy atom. The summed E-state index contributed by atoms with van der Waals surface area (Å²) in [5, 5.41) is 2.80. The summed E-state index contributed by atoms with van der Waals surface area (Å²) in [7, 11) is -3.41. The molecule has 6 nitrogen and oxygen atoms in total. The number of rotatable bonds is 5. The number of thiophene rings is 1. The maximum absolute atomic E-state index is 12.6. The molecule has 3 rings (SSSR count). The standard InChI is InChI=1S/C18H16BrN3O3S2/c1-11-15(16-5-3-4-6-20-16)10-17(26-11)18(23)21-13-7-12(19)8-14(9-13)22-27(2,24)25/h3-10,22H,1-2H3,(H,21,23). The third-order valence-corrected chi connectivity index (χ3v) is 5.65. The maximum atomic E-state index is 12.6. The van der Waals surface area contributed by atoms with Crippen LogP contribution in [-0.2, 0) is 10.0 Å². The second-order valence-electron chi connectivity index (χ2n) is 5.85. The van der Waals surface area contributed by atoms with Crippen LogP contribution in [-0.4, -0.2) is 25.6 Å². The molecular weight excluding hydrogens is 450 g/mol. The highest BCUT2D eigenvalue weighted by Crippen LogP contribution is 2.31. The summed E-state index contributed by atoms with van der Waals surface area (Å²) in [6, 6.07) is 12.3. The molecule has 2 N–H and O–H groups in total. The van der Waals surface area contributed by atoms with Gasteiger partial charge in [-0.25, -0.2) is 8.42 Å². The number of nitrogens with zero attached hydrogens (tertiary/aromatic N) is 1. The zero-order chi connectivity index (χ0) is 19.6. The predicted molar refractivity (Wildman–Crippen MR) is 113 cm³/mol. The third-order valence-electron chi connectivity index (χ3n) is 3.54. The molecule has 0 aliphatic heterocycles. The molecule has 140 valence electrons. The van der Waals surface area contributed by atoms with E-state index >= 15 is 0 Å². The molecule has 0 spiro atoms. The van der Waals surface area contributed by atoms with E-state index in [4.69, 9.17) is 0 Å². The lowest BCUT2D eigenvalue weighted by molar-refractivity contribution is 0.103. The topological polar surface area (TPSA) is 88.2 Å². The number of sulfonamides is 1. The van der Waals surface area contributed by atoms with E-state index in [0.29, 0.717) is 20.7 Å². The fourth-order valence-corrected chi connectivity index (χ4v) is 4.46. The Balaban J connectivity index is 1.84. The van der Waals surface area contributed by atoms with Gasteiger partial charge in [-0.1, -0.05) is 22.0 Å². The van der Waals surface area contributed by atoms with Gasteiger partial charge in [-0.15, -0.1) is 11.3 Å². The van der Waals surface area contributed by atoms with Crippen molar-refractivity contribution in [3.05, 3.63) is 62.9 Å². The average molecular weight is 466 g/mol. The van der Waals surface area contributed by atoms with Gasteiger partial charge in [-0.2, -0.15) is 0 Å². The molecule has 0 atom stereocenters. The van der Waals surface area contributed by atoms with Gasteiger partial charge in [0.15, 0.2) is 0 Å². The van der Waals surface area contributed by atoms with Crippen LogP contribution in [0, 0.1) is 6.92 Å². The fourth-order valence-electron chi connectivity index (χ4n) is 2.50. The summed E-state index contributed by atoms with van der Waals surface area (Å²) >= 11 is 4.70. The number of pyridine rings is 1. The number of hydrogen-bond acceptors (Lipinski definition) is 5. The minimum atomic E-state index is -3.41. The van der Waals surface area contributed by atoms with E-state index in [1.807, 2.05) is 31.2 Å². The normalized spacial score (nSPS) is 11.2. The molecule has 0 fully saturated rings. The highest BCUT2D eigenvalue weighted by Gasteiger charge is 2.15. The Kier molecular flexibility index (Phi) is 5.64. The largest absolute Gasteiger partial charge is 0.321 e. The number of aromatic nitrogens is 1. The van der Waals surface area contributed by atoms with Crippen LogP contribution >= 0.6 is 27.3 Å². The van der Waals surface area contributed by atoms with Crippen LogP contribution in [0.25, 0.3) is 11.3 Å². The molecule has 2 heterocycles. The van der Waals surface area contributed by atoms with Gasteiger partial charge in [0.05, 0.1) is 22.5 Å². The number of amides is 1. The number of anilines is 2. The zero-order valence-corrected chi connectivity index (χ0v) is 17.7. The van der Waals surface area contributed by atoms with Crippen molar-refractivity contribution in [2.24, 2.45) is 0 Å². The SMILES string of the molecule is Cc1sc(C(=O)Nc2cc(Br)cc(NS(C)(=O)=O)c2)cc1-c1ccccn1. The van der Waals surface area contributed by atoms with Crippen molar-refractivity contribution < 1.29 is 13.2 Å². The highest BCUT2D eigenvalue weighted by atomic mass is 79.9. The monoisotopic (exact) mass is 465 g/mol. The summed E-state index contributed by atoms with van der Waals surface area (Å²) in [6.07, 6.45) is 2.78. The summed E-state index contributed by atoms with van der Waals surface area (Å²) in [4.78, 5) is 18.5. The number of halogens is 1. The lowest BCUT2D eigenvalue weighted by Crippen LogP contribution is -2.12. The Morgan fingerprint density at radius 1 is 1.15 bits per heavy atom. The lowest BCUT2D eigenvalue weighted by atomic mass is 10.1. The van der Waals surface area contributed by atoms with Crippen LogP contribution < -0.4 is 10.0 Å². The Hall–Kier alpha value is -2.23. The maximum Gasteiger partial charge on any atom is 0.265 e. The average Bonchev–Trinajstić information content (AvgIpc) is 2.95. The number of hydrogen-bond donors (Lipinski definition) is 2. The van der Waals surface area contributed by atoms with Crippen LogP contribution in [0.2, 0.25) is 0 Å². The van der Waals surface area contributed by atoms with Crippen LogP contribution in [0.3, 0.4) is 0 Å². The number of aryl methyl sites for hydroxylation is 1. The molecule has 27 heavy (non-hydrogen) atoms. The predicted octanol–water partition coefficient (Wildman–Crippen LogP) is 4.50. The Bertz CT molecular complexity index is 1100. The molecule has 1 aromatic carbocycles. The van der Waals surface area contributed by atoms with Crippen LogP contribution in [0.1, 0.15) is 14.5 Å². The van der Waals surface area contributed by atoms with E-state index in [-0.39, 0.29) is 5.91 Å². The van der Waals surface area contributed by atoms with Gasteiger partial charge in [-0.05, 0) is 43.3 Å². The molecule has 0 saturated heterocycles. The molecule has 0 saturated carbocycles. The van der Waals surface area contributed by atoms with Crippen molar-refractivity contribution in [2.75, 3.05) is 16.3 Å². The van der Waals surface area contributed by atoms with Gasteiger partial charge in [-0.3, -0.25) is 14.5 Å². The first-order valence-electron chi connectivity index (χ1n) is 7.83. The van der Waals surface area contributed by atoms with Crippen molar-refractivity contribution >= 4 is 54.6 Å². The minimum Gasteiger partial charge on any atom is -0.321 e. The highest BCUT2D eigenvalue weighted by molar-refractivity contribution is 9.10. The van der Waals surface area contributed by atoms with E-state index in [1.54, 1.807) is 24.4 Å². The summed E-state index contributed by atoms with van der Waals surface area (Å²) in [6.45, 7) is 1.94. The van der Waals surface area contributed by atoms with Crippen molar-refractivity contribution in [3.8, 4) is 11.3 Å². The molecule has 0 bridgehead atoms. The number of nitrogens with one attached hydrogen (secondary N) is 2. The lowest BCUT2D eigenvalue weighted by Gasteiger charge is -2.09. The van der Waals surface area contributed by atoms with Gasteiger partial charge < -0.3 is 5.32 Å². The molecule has 9 heteroatoms. The van der Waals surface area contributed by atoms with Crippen molar-refractivity contribution in [1.82, 2.24) is 4.98 Å². The summed E-state index contributed by atoms with van der Waals surface area (Å²) < 4.78 is 25.9. The number of carbonyl (C=O) groups excluding carboxylic acids is 1. The van der Waals surface area contributed by atoms with Gasteiger partial charge >= 0.3 is 0 Å². The molecule has 1 amide bonds. The molecular formula is C18H16BrN3O3S2. The first-order chi connectivity index (χ1) is 12.7. The first kappa shape index (κ1) is 19.5. The second-order valence-corrected chi connectivity index (χ2v) is 9.77. The minimum absolute atomic E-state index is 0.270. The number of benzene rings is 1. The van der Waals surface area contributed by atoms with Crippen LogP contribution in [0.5, 0.6) is 0 Å². The smallest absolute Gasteiger partial charge is 0.265 e. The Labute approximate surface area is 169 Å². The third kappa shape index (κ3) is 5.15. The van der Waals surface area contributed by atoms with Crippen LogP contribution in [0.4, 0.5) is 11.4 Å². The van der Waals surface area contributed by atoms with Crippen molar-refractivity contribution in [2.45, 2.75) is 6.92 Å². The quantitative estimate of drug-likeness (QED) is 0.580. The molecule has 2 aromatic heterocycles. The van der Waals surface area contributed by atoms with Gasteiger partial charge in [0.25, 0.3) is 5.91 Å². The summed E-state index contributed by atoms with van der Waals surface area (Å²) in [5.41, 5.74) is 2.57. The molecule has 0 unspecified atom stereocenters. The number of carbonyl (C=O) groups is 1. The van der Waals surface area contributed by atoms with E-state index in [1.165, 1.54) is 11.3 Å². The molecule has 0 aliphatic carbocycles. The second kappa shape index (κ2) is 7.79. The van der Waals surface area contributed by atoms with Gasteiger partial charge in [0.2, 0.25) is 10.0 Å². The van der Waals surface area contributed by atoms with Gasteiger partial charge in [0, 0.05) is 26.8 Å². The van der Waals surface area contributed by atoms with E-state index in [2.05, 4.69) is 31.0 Å². The molecule has 0 radical (unpaired) electrons.